The average Bonchev–Trinajstić information content (AvgIpc) is 3.07. The number of benzene rings is 2. The van der Waals surface area contributed by atoms with E-state index in [1.807, 2.05) is 74.0 Å². The molecular formula is C21H24N4O3S. The van der Waals surface area contributed by atoms with Crippen molar-refractivity contribution >= 4 is 23.4 Å². The number of anilines is 1. The highest BCUT2D eigenvalue weighted by atomic mass is 32.2. The molecule has 0 bridgehead atoms. The molecular weight excluding hydrogens is 388 g/mol. The van der Waals surface area contributed by atoms with Gasteiger partial charge in [-0.1, -0.05) is 30.0 Å². The molecule has 152 valence electrons. The van der Waals surface area contributed by atoms with Crippen LogP contribution in [0.5, 0.6) is 11.5 Å². The lowest BCUT2D eigenvalue weighted by molar-refractivity contribution is -0.115. The third-order valence-corrected chi connectivity index (χ3v) is 5.54. The zero-order valence-corrected chi connectivity index (χ0v) is 17.7. The van der Waals surface area contributed by atoms with Gasteiger partial charge in [0.1, 0.15) is 18.1 Å². The first-order valence-corrected chi connectivity index (χ1v) is 10.0. The summed E-state index contributed by atoms with van der Waals surface area (Å²) in [6.07, 6.45) is 0. The van der Waals surface area contributed by atoms with E-state index in [1.54, 1.807) is 7.11 Å². The summed E-state index contributed by atoms with van der Waals surface area (Å²) in [4.78, 5) is 12.5. The van der Waals surface area contributed by atoms with Crippen LogP contribution < -0.4 is 14.8 Å². The van der Waals surface area contributed by atoms with Crippen molar-refractivity contribution in [3.8, 4) is 11.5 Å². The number of thioether (sulfide) groups is 1. The monoisotopic (exact) mass is 412 g/mol. The van der Waals surface area contributed by atoms with Crippen molar-refractivity contribution in [2.24, 2.45) is 7.05 Å². The van der Waals surface area contributed by atoms with Gasteiger partial charge in [-0.15, -0.1) is 10.2 Å². The van der Waals surface area contributed by atoms with Gasteiger partial charge in [0.2, 0.25) is 5.91 Å². The van der Waals surface area contributed by atoms with E-state index in [0.29, 0.717) is 16.7 Å². The Labute approximate surface area is 174 Å². The molecule has 1 heterocycles. The topological polar surface area (TPSA) is 78.3 Å². The summed E-state index contributed by atoms with van der Waals surface area (Å²) in [5, 5.41) is 11.7. The Balaban J connectivity index is 1.58. The maximum atomic E-state index is 12.5. The fourth-order valence-corrected chi connectivity index (χ4v) is 3.39. The molecule has 0 fully saturated rings. The molecule has 1 amide bonds. The molecule has 3 rings (SSSR count). The molecule has 7 nitrogen and oxygen atoms in total. The minimum Gasteiger partial charge on any atom is -0.497 e. The summed E-state index contributed by atoms with van der Waals surface area (Å²) in [6.45, 7) is 4.09. The Morgan fingerprint density at radius 2 is 1.83 bits per heavy atom. The molecule has 0 saturated heterocycles. The maximum Gasteiger partial charge on any atom is 0.237 e. The van der Waals surface area contributed by atoms with Gasteiger partial charge in [-0.2, -0.15) is 0 Å². The molecule has 3 aromatic rings. The van der Waals surface area contributed by atoms with Gasteiger partial charge < -0.3 is 19.4 Å². The van der Waals surface area contributed by atoms with Crippen molar-refractivity contribution in [2.75, 3.05) is 12.4 Å². The van der Waals surface area contributed by atoms with Crippen molar-refractivity contribution in [1.82, 2.24) is 14.8 Å². The molecule has 0 saturated carbocycles. The smallest absolute Gasteiger partial charge is 0.237 e. The van der Waals surface area contributed by atoms with Gasteiger partial charge in [-0.05, 0) is 49.7 Å². The summed E-state index contributed by atoms with van der Waals surface area (Å²) < 4.78 is 12.7. The lowest BCUT2D eigenvalue weighted by Gasteiger charge is -2.13. The Bertz CT molecular complexity index is 972. The van der Waals surface area contributed by atoms with Crippen LogP contribution in [-0.2, 0) is 18.4 Å². The second-order valence-corrected chi connectivity index (χ2v) is 7.79. The molecule has 1 N–H and O–H groups in total. The average molecular weight is 413 g/mol. The Morgan fingerprint density at radius 3 is 2.52 bits per heavy atom. The van der Waals surface area contributed by atoms with E-state index in [1.165, 1.54) is 11.8 Å². The highest BCUT2D eigenvalue weighted by Crippen LogP contribution is 2.24. The van der Waals surface area contributed by atoms with Crippen LogP contribution in [-0.4, -0.2) is 33.0 Å². The molecule has 0 radical (unpaired) electrons. The minimum atomic E-state index is -0.326. The van der Waals surface area contributed by atoms with E-state index in [2.05, 4.69) is 15.5 Å². The number of methoxy groups -OCH3 is 1. The highest BCUT2D eigenvalue weighted by molar-refractivity contribution is 8.00. The number of carbonyl (C=O) groups excluding carboxylic acids is 1. The van der Waals surface area contributed by atoms with Crippen molar-refractivity contribution in [3.05, 3.63) is 59.9 Å². The number of aromatic nitrogens is 3. The number of aryl methyl sites for hydroxylation is 1. The molecule has 1 unspecified atom stereocenters. The standard InChI is InChI=1S/C21H24N4O3S/c1-14-7-5-6-8-18(14)22-20(26)15(2)29-21-24-23-19(25(21)3)13-28-17-11-9-16(27-4)10-12-17/h5-12,15H,13H2,1-4H3,(H,22,26). The third kappa shape index (κ3) is 5.29. The predicted octanol–water partition coefficient (Wildman–Crippen LogP) is 3.83. The van der Waals surface area contributed by atoms with Crippen LogP contribution in [0.2, 0.25) is 0 Å². The van der Waals surface area contributed by atoms with Gasteiger partial charge in [-0.25, -0.2) is 0 Å². The normalized spacial score (nSPS) is 11.7. The number of hydrogen-bond acceptors (Lipinski definition) is 6. The predicted molar refractivity (Wildman–Crippen MR) is 113 cm³/mol. The zero-order valence-electron chi connectivity index (χ0n) is 16.9. The van der Waals surface area contributed by atoms with Gasteiger partial charge in [0.15, 0.2) is 11.0 Å². The number of nitrogens with one attached hydrogen (secondary N) is 1. The van der Waals surface area contributed by atoms with E-state index >= 15 is 0 Å². The molecule has 29 heavy (non-hydrogen) atoms. The van der Waals surface area contributed by atoms with Gasteiger partial charge in [-0.3, -0.25) is 4.79 Å². The van der Waals surface area contributed by atoms with Crippen LogP contribution in [0, 0.1) is 6.92 Å². The van der Waals surface area contributed by atoms with E-state index in [4.69, 9.17) is 9.47 Å². The fourth-order valence-electron chi connectivity index (χ4n) is 2.55. The summed E-state index contributed by atoms with van der Waals surface area (Å²) in [5.41, 5.74) is 1.84. The van der Waals surface area contributed by atoms with Crippen molar-refractivity contribution in [3.63, 3.8) is 0 Å². The molecule has 0 aliphatic carbocycles. The Kier molecular flexibility index (Phi) is 6.77. The molecule has 2 aromatic carbocycles. The van der Waals surface area contributed by atoms with E-state index < -0.39 is 0 Å². The van der Waals surface area contributed by atoms with Gasteiger partial charge in [0.25, 0.3) is 0 Å². The van der Waals surface area contributed by atoms with Gasteiger partial charge in [0, 0.05) is 12.7 Å². The number of rotatable bonds is 8. The zero-order chi connectivity index (χ0) is 20.8. The van der Waals surface area contributed by atoms with E-state index in [0.717, 1.165) is 17.0 Å². The second-order valence-electron chi connectivity index (χ2n) is 6.49. The summed E-state index contributed by atoms with van der Waals surface area (Å²) in [7, 11) is 3.48. The van der Waals surface area contributed by atoms with Crippen LogP contribution in [0.1, 0.15) is 18.3 Å². The van der Waals surface area contributed by atoms with Crippen molar-refractivity contribution in [1.29, 1.82) is 0 Å². The van der Waals surface area contributed by atoms with Crippen LogP contribution in [0.25, 0.3) is 0 Å². The molecule has 8 heteroatoms. The van der Waals surface area contributed by atoms with Crippen LogP contribution in [0.3, 0.4) is 0 Å². The first-order valence-electron chi connectivity index (χ1n) is 9.16. The van der Waals surface area contributed by atoms with Crippen molar-refractivity contribution < 1.29 is 14.3 Å². The molecule has 0 aliphatic heterocycles. The Hall–Kier alpha value is -3.00. The molecule has 0 spiro atoms. The molecule has 1 atom stereocenters. The first-order chi connectivity index (χ1) is 14.0. The number of para-hydroxylation sites is 1. The highest BCUT2D eigenvalue weighted by Gasteiger charge is 2.19. The molecule has 0 aliphatic rings. The van der Waals surface area contributed by atoms with Gasteiger partial charge in [0.05, 0.1) is 12.4 Å². The summed E-state index contributed by atoms with van der Waals surface area (Å²) in [5.74, 6) is 2.08. The number of hydrogen-bond donors (Lipinski definition) is 1. The summed E-state index contributed by atoms with van der Waals surface area (Å²) in [6, 6.07) is 15.0. The SMILES string of the molecule is COc1ccc(OCc2nnc(SC(C)C(=O)Nc3ccccc3C)n2C)cc1. The van der Waals surface area contributed by atoms with Gasteiger partial charge >= 0.3 is 0 Å². The third-order valence-electron chi connectivity index (χ3n) is 4.41. The summed E-state index contributed by atoms with van der Waals surface area (Å²) >= 11 is 1.36. The number of amides is 1. The van der Waals surface area contributed by atoms with E-state index in [9.17, 15) is 4.79 Å². The Morgan fingerprint density at radius 1 is 1.14 bits per heavy atom. The number of ether oxygens (including phenoxy) is 2. The number of nitrogens with zero attached hydrogens (tertiary/aromatic N) is 3. The fraction of sp³-hybridized carbons (Fsp3) is 0.286. The first kappa shape index (κ1) is 20.7. The second kappa shape index (κ2) is 9.47. The van der Waals surface area contributed by atoms with E-state index in [-0.39, 0.29) is 17.8 Å². The lowest BCUT2D eigenvalue weighted by Crippen LogP contribution is -2.23. The lowest BCUT2D eigenvalue weighted by atomic mass is 10.2. The van der Waals surface area contributed by atoms with Crippen LogP contribution in [0.15, 0.2) is 53.7 Å². The van der Waals surface area contributed by atoms with Crippen LogP contribution >= 0.6 is 11.8 Å². The van der Waals surface area contributed by atoms with Crippen molar-refractivity contribution in [2.45, 2.75) is 30.9 Å². The quantitative estimate of drug-likeness (QED) is 0.567. The largest absolute Gasteiger partial charge is 0.497 e. The maximum absolute atomic E-state index is 12.5. The number of carbonyl (C=O) groups is 1. The molecule has 1 aromatic heterocycles. The van der Waals surface area contributed by atoms with Crippen LogP contribution in [0.4, 0.5) is 5.69 Å². The minimum absolute atomic E-state index is 0.0802.